The highest BCUT2D eigenvalue weighted by molar-refractivity contribution is 7.80. The Balaban J connectivity index is 1.99. The van der Waals surface area contributed by atoms with Crippen LogP contribution in [0.15, 0.2) is 41.8 Å². The molecule has 0 unspecified atom stereocenters. The topological polar surface area (TPSA) is 93.5 Å². The van der Waals surface area contributed by atoms with Gasteiger partial charge in [-0.1, -0.05) is 6.07 Å². The van der Waals surface area contributed by atoms with E-state index in [1.165, 1.54) is 42.7 Å². The molecule has 0 radical (unpaired) electrons. The first-order chi connectivity index (χ1) is 11.5. The molecule has 2 aromatic rings. The van der Waals surface area contributed by atoms with Gasteiger partial charge in [-0.3, -0.25) is 20.2 Å². The fourth-order valence-corrected chi connectivity index (χ4v) is 2.58. The number of carbonyl (C=O) groups excluding carboxylic acids is 1. The van der Waals surface area contributed by atoms with Crippen molar-refractivity contribution < 1.29 is 14.5 Å². The van der Waals surface area contributed by atoms with Crippen molar-refractivity contribution in [1.29, 1.82) is 0 Å². The van der Waals surface area contributed by atoms with Crippen LogP contribution in [0.3, 0.4) is 0 Å². The van der Waals surface area contributed by atoms with Gasteiger partial charge >= 0.3 is 0 Å². The number of benzene rings is 1. The van der Waals surface area contributed by atoms with Gasteiger partial charge in [-0.2, -0.15) is 0 Å². The Morgan fingerprint density at radius 3 is 2.83 bits per heavy atom. The number of hydrogen-bond acceptors (Lipinski definition) is 6. The molecule has 1 aromatic carbocycles. The monoisotopic (exact) mass is 363 g/mol. The van der Waals surface area contributed by atoms with Crippen molar-refractivity contribution in [3.63, 3.8) is 0 Å². The molecule has 1 aromatic heterocycles. The van der Waals surface area contributed by atoms with E-state index in [0.717, 1.165) is 4.88 Å². The van der Waals surface area contributed by atoms with Crippen LogP contribution in [0, 0.1) is 10.1 Å². The standard InChI is InChI=1S/C15H13N3O4S2/c1-22-13-9-10(18(20)21)4-6-12(13)16-15(23)17-14(19)7-5-11-3-2-8-24-11/h2-9H,1H3,(H2,16,17,19,23)/b7-5+. The molecule has 124 valence electrons. The minimum Gasteiger partial charge on any atom is -0.494 e. The van der Waals surface area contributed by atoms with Gasteiger partial charge in [0.05, 0.1) is 23.8 Å². The first-order valence-electron chi connectivity index (χ1n) is 6.65. The minimum absolute atomic E-state index is 0.0583. The van der Waals surface area contributed by atoms with E-state index in [1.807, 2.05) is 17.5 Å². The summed E-state index contributed by atoms with van der Waals surface area (Å²) in [5, 5.41) is 18.0. The molecule has 0 aliphatic carbocycles. The maximum atomic E-state index is 11.8. The highest BCUT2D eigenvalue weighted by Crippen LogP contribution is 2.28. The van der Waals surface area contributed by atoms with Crippen LogP contribution >= 0.6 is 23.6 Å². The number of non-ortho nitro benzene ring substituents is 1. The van der Waals surface area contributed by atoms with Gasteiger partial charge < -0.3 is 10.1 Å². The Morgan fingerprint density at radius 1 is 1.42 bits per heavy atom. The van der Waals surface area contributed by atoms with Gasteiger partial charge in [0, 0.05) is 17.0 Å². The van der Waals surface area contributed by atoms with E-state index in [1.54, 1.807) is 6.08 Å². The van der Waals surface area contributed by atoms with Gasteiger partial charge in [0.25, 0.3) is 5.69 Å². The number of nitrogens with one attached hydrogen (secondary N) is 2. The van der Waals surface area contributed by atoms with E-state index < -0.39 is 4.92 Å². The summed E-state index contributed by atoms with van der Waals surface area (Å²) >= 11 is 6.56. The third-order valence-electron chi connectivity index (χ3n) is 2.82. The number of hydrogen-bond donors (Lipinski definition) is 2. The molecule has 0 fully saturated rings. The minimum atomic E-state index is -0.526. The van der Waals surface area contributed by atoms with Gasteiger partial charge in [-0.15, -0.1) is 11.3 Å². The molecule has 0 atom stereocenters. The molecule has 7 nitrogen and oxygen atoms in total. The summed E-state index contributed by atoms with van der Waals surface area (Å²) in [5.74, 6) is -0.142. The molecule has 9 heteroatoms. The number of nitrogens with zero attached hydrogens (tertiary/aromatic N) is 1. The highest BCUT2D eigenvalue weighted by atomic mass is 32.1. The molecule has 0 bridgehead atoms. The average molecular weight is 363 g/mol. The molecule has 0 spiro atoms. The number of thiophene rings is 1. The summed E-state index contributed by atoms with van der Waals surface area (Å²) in [5.41, 5.74) is 0.307. The second kappa shape index (κ2) is 8.18. The van der Waals surface area contributed by atoms with Crippen molar-refractivity contribution in [1.82, 2.24) is 5.32 Å². The van der Waals surface area contributed by atoms with Gasteiger partial charge in [0.1, 0.15) is 5.75 Å². The lowest BCUT2D eigenvalue weighted by atomic mass is 10.2. The van der Waals surface area contributed by atoms with E-state index in [0.29, 0.717) is 5.69 Å². The van der Waals surface area contributed by atoms with Gasteiger partial charge in [-0.05, 0) is 35.8 Å². The van der Waals surface area contributed by atoms with Crippen LogP contribution in [0.1, 0.15) is 4.88 Å². The van der Waals surface area contributed by atoms with Crippen LogP contribution < -0.4 is 15.4 Å². The summed E-state index contributed by atoms with van der Waals surface area (Å²) in [6.45, 7) is 0. The fraction of sp³-hybridized carbons (Fsp3) is 0.0667. The van der Waals surface area contributed by atoms with Crippen LogP contribution in [-0.2, 0) is 4.79 Å². The van der Waals surface area contributed by atoms with E-state index >= 15 is 0 Å². The maximum Gasteiger partial charge on any atom is 0.273 e. The second-order valence-electron chi connectivity index (χ2n) is 4.43. The zero-order valence-corrected chi connectivity index (χ0v) is 14.1. The van der Waals surface area contributed by atoms with E-state index in [9.17, 15) is 14.9 Å². The van der Waals surface area contributed by atoms with Crippen LogP contribution in [0.2, 0.25) is 0 Å². The first-order valence-corrected chi connectivity index (χ1v) is 7.94. The molecule has 0 saturated carbocycles. The molecular formula is C15H13N3O4S2. The van der Waals surface area contributed by atoms with Crippen molar-refractivity contribution in [2.24, 2.45) is 0 Å². The molecule has 24 heavy (non-hydrogen) atoms. The van der Waals surface area contributed by atoms with Crippen LogP contribution in [0.4, 0.5) is 11.4 Å². The first kappa shape index (κ1) is 17.6. The lowest BCUT2D eigenvalue weighted by Crippen LogP contribution is -2.32. The smallest absolute Gasteiger partial charge is 0.273 e. The number of nitro benzene ring substituents is 1. The average Bonchev–Trinajstić information content (AvgIpc) is 3.06. The van der Waals surface area contributed by atoms with Gasteiger partial charge in [0.15, 0.2) is 5.11 Å². The number of methoxy groups -OCH3 is 1. The Bertz CT molecular complexity index is 788. The Morgan fingerprint density at radius 2 is 2.21 bits per heavy atom. The predicted octanol–water partition coefficient (Wildman–Crippen LogP) is 3.19. The summed E-state index contributed by atoms with van der Waals surface area (Å²) in [6, 6.07) is 7.80. The largest absolute Gasteiger partial charge is 0.494 e. The number of ether oxygens (including phenoxy) is 1. The van der Waals surface area contributed by atoms with E-state index in [-0.39, 0.29) is 22.5 Å². The van der Waals surface area contributed by atoms with Crippen molar-refractivity contribution in [2.75, 3.05) is 12.4 Å². The molecule has 1 heterocycles. The van der Waals surface area contributed by atoms with Gasteiger partial charge in [0.2, 0.25) is 5.91 Å². The molecule has 2 rings (SSSR count). The molecule has 1 amide bonds. The number of nitro groups is 1. The summed E-state index contributed by atoms with van der Waals surface area (Å²) in [4.78, 5) is 23.0. The highest BCUT2D eigenvalue weighted by Gasteiger charge is 2.12. The van der Waals surface area contributed by atoms with Crippen LogP contribution in [0.5, 0.6) is 5.75 Å². The zero-order valence-electron chi connectivity index (χ0n) is 12.5. The Kier molecular flexibility index (Phi) is 5.99. The number of carbonyl (C=O) groups is 1. The molecule has 0 saturated heterocycles. The zero-order chi connectivity index (χ0) is 17.5. The summed E-state index contributed by atoms with van der Waals surface area (Å²) in [6.07, 6.45) is 3.04. The lowest BCUT2D eigenvalue weighted by molar-refractivity contribution is -0.384. The molecule has 0 aliphatic rings. The van der Waals surface area contributed by atoms with Crippen molar-refractivity contribution in [2.45, 2.75) is 0 Å². The Hall–Kier alpha value is -2.78. The number of anilines is 1. The Labute approximate surface area is 147 Å². The fourth-order valence-electron chi connectivity index (χ4n) is 1.75. The van der Waals surface area contributed by atoms with Crippen molar-refractivity contribution >= 4 is 52.0 Å². The number of amides is 1. The SMILES string of the molecule is COc1cc([N+](=O)[O-])ccc1NC(=S)NC(=O)/C=C/c1cccs1. The predicted molar refractivity (Wildman–Crippen MR) is 97.4 cm³/mol. The summed E-state index contributed by atoms with van der Waals surface area (Å²) < 4.78 is 5.09. The quantitative estimate of drug-likeness (QED) is 0.367. The maximum absolute atomic E-state index is 11.8. The number of thiocarbonyl (C=S) groups is 1. The van der Waals surface area contributed by atoms with Crippen molar-refractivity contribution in [3.05, 3.63) is 56.8 Å². The van der Waals surface area contributed by atoms with Crippen LogP contribution in [-0.4, -0.2) is 23.1 Å². The lowest BCUT2D eigenvalue weighted by Gasteiger charge is -2.11. The van der Waals surface area contributed by atoms with Gasteiger partial charge in [-0.25, -0.2) is 0 Å². The second-order valence-corrected chi connectivity index (χ2v) is 5.82. The van der Waals surface area contributed by atoms with E-state index in [4.69, 9.17) is 17.0 Å². The normalized spacial score (nSPS) is 10.4. The molecule has 0 aliphatic heterocycles. The van der Waals surface area contributed by atoms with Crippen molar-refractivity contribution in [3.8, 4) is 5.75 Å². The van der Waals surface area contributed by atoms with Crippen LogP contribution in [0.25, 0.3) is 6.08 Å². The third kappa shape index (κ3) is 4.86. The summed E-state index contributed by atoms with van der Waals surface area (Å²) in [7, 11) is 1.38. The molecule has 2 N–H and O–H groups in total. The third-order valence-corrected chi connectivity index (χ3v) is 3.86. The molecular weight excluding hydrogens is 350 g/mol. The van der Waals surface area contributed by atoms with E-state index in [2.05, 4.69) is 10.6 Å². The number of rotatable bonds is 5.